The lowest BCUT2D eigenvalue weighted by Gasteiger charge is -2.12. The molecule has 0 unspecified atom stereocenters. The lowest BCUT2D eigenvalue weighted by atomic mass is 10.1. The third-order valence-corrected chi connectivity index (χ3v) is 4.50. The highest BCUT2D eigenvalue weighted by atomic mass is 32.1. The molecule has 0 saturated carbocycles. The zero-order valence-corrected chi connectivity index (χ0v) is 13.2. The summed E-state index contributed by atoms with van der Waals surface area (Å²) in [6.45, 7) is 4.34. The van der Waals surface area contributed by atoms with Crippen LogP contribution >= 0.6 is 23.6 Å². The molecule has 2 N–H and O–H groups in total. The minimum absolute atomic E-state index is 0.0304. The van der Waals surface area contributed by atoms with Crippen LogP contribution in [-0.4, -0.2) is 16.7 Å². The van der Waals surface area contributed by atoms with Gasteiger partial charge in [-0.25, -0.2) is 0 Å². The monoisotopic (exact) mass is 308 g/mol. The lowest BCUT2D eigenvalue weighted by molar-refractivity contribution is 0.408. The fraction of sp³-hybridized carbons (Fsp3) is 0.286. The van der Waals surface area contributed by atoms with Gasteiger partial charge in [0.05, 0.1) is 13.7 Å². The Bertz CT molecular complexity index is 716. The van der Waals surface area contributed by atoms with E-state index in [1.165, 1.54) is 11.3 Å². The van der Waals surface area contributed by atoms with Crippen molar-refractivity contribution in [3.63, 3.8) is 0 Å². The molecule has 106 valence electrons. The van der Waals surface area contributed by atoms with Crippen molar-refractivity contribution in [3.05, 3.63) is 49.6 Å². The standard InChI is InChI=1S/C14H16N2O2S2/c1-8-9(2)20-14(17)16(8)7-11-6-10(13(15)19)4-5-12(11)18-3/h4-6H,7H2,1-3H3,(H2,15,19). The van der Waals surface area contributed by atoms with Gasteiger partial charge in [-0.05, 0) is 32.0 Å². The van der Waals surface area contributed by atoms with Crippen LogP contribution in [0.2, 0.25) is 0 Å². The topological polar surface area (TPSA) is 57.2 Å². The van der Waals surface area contributed by atoms with E-state index in [0.29, 0.717) is 11.5 Å². The van der Waals surface area contributed by atoms with Crippen LogP contribution in [0, 0.1) is 13.8 Å². The van der Waals surface area contributed by atoms with Crippen molar-refractivity contribution in [2.24, 2.45) is 5.73 Å². The van der Waals surface area contributed by atoms with Gasteiger partial charge >= 0.3 is 4.87 Å². The zero-order chi connectivity index (χ0) is 14.9. The van der Waals surface area contributed by atoms with Crippen LogP contribution in [0.1, 0.15) is 21.7 Å². The van der Waals surface area contributed by atoms with Crippen LogP contribution in [0.5, 0.6) is 5.75 Å². The Hall–Kier alpha value is -1.66. The van der Waals surface area contributed by atoms with Crippen molar-refractivity contribution in [3.8, 4) is 5.75 Å². The van der Waals surface area contributed by atoms with Gasteiger partial charge in [0.25, 0.3) is 0 Å². The van der Waals surface area contributed by atoms with E-state index in [1.54, 1.807) is 11.7 Å². The summed E-state index contributed by atoms with van der Waals surface area (Å²) in [6.07, 6.45) is 0. The van der Waals surface area contributed by atoms with Crippen molar-refractivity contribution in [1.29, 1.82) is 0 Å². The van der Waals surface area contributed by atoms with E-state index in [2.05, 4.69) is 0 Å². The molecular weight excluding hydrogens is 292 g/mol. The number of rotatable bonds is 4. The largest absolute Gasteiger partial charge is 0.496 e. The van der Waals surface area contributed by atoms with Crippen molar-refractivity contribution in [2.45, 2.75) is 20.4 Å². The molecule has 0 amide bonds. The van der Waals surface area contributed by atoms with Crippen LogP contribution in [0.15, 0.2) is 23.0 Å². The quantitative estimate of drug-likeness (QED) is 0.880. The molecule has 2 aromatic rings. The third-order valence-electron chi connectivity index (χ3n) is 3.27. The highest BCUT2D eigenvalue weighted by Crippen LogP contribution is 2.22. The Morgan fingerprint density at radius 3 is 2.65 bits per heavy atom. The molecule has 1 aromatic carbocycles. The van der Waals surface area contributed by atoms with E-state index in [1.807, 2.05) is 32.0 Å². The Kier molecular flexibility index (Phi) is 4.25. The van der Waals surface area contributed by atoms with Crippen LogP contribution in [0.25, 0.3) is 0 Å². The van der Waals surface area contributed by atoms with Crippen molar-refractivity contribution >= 4 is 28.5 Å². The Labute approximate surface area is 126 Å². The van der Waals surface area contributed by atoms with E-state index >= 15 is 0 Å². The predicted octanol–water partition coefficient (Wildman–Crippen LogP) is 2.22. The molecule has 20 heavy (non-hydrogen) atoms. The number of thiocarbonyl (C=S) groups is 1. The van der Waals surface area contributed by atoms with Gasteiger partial charge in [0, 0.05) is 21.7 Å². The fourth-order valence-corrected chi connectivity index (χ4v) is 2.95. The van der Waals surface area contributed by atoms with Gasteiger partial charge in [0.1, 0.15) is 10.7 Å². The summed E-state index contributed by atoms with van der Waals surface area (Å²) >= 11 is 6.25. The van der Waals surface area contributed by atoms with E-state index in [9.17, 15) is 4.79 Å². The Morgan fingerprint density at radius 2 is 2.15 bits per heavy atom. The lowest BCUT2D eigenvalue weighted by Crippen LogP contribution is -2.17. The number of ether oxygens (including phenoxy) is 1. The highest BCUT2D eigenvalue weighted by molar-refractivity contribution is 7.80. The minimum Gasteiger partial charge on any atom is -0.496 e. The van der Waals surface area contributed by atoms with E-state index in [-0.39, 0.29) is 4.87 Å². The first-order valence-corrected chi connectivity index (χ1v) is 7.30. The number of nitrogens with two attached hydrogens (primary N) is 1. The summed E-state index contributed by atoms with van der Waals surface area (Å²) in [7, 11) is 1.60. The van der Waals surface area contributed by atoms with Crippen LogP contribution in [-0.2, 0) is 6.54 Å². The summed E-state index contributed by atoms with van der Waals surface area (Å²) in [5, 5.41) is 0. The predicted molar refractivity (Wildman–Crippen MR) is 86.0 cm³/mol. The van der Waals surface area contributed by atoms with E-state index in [0.717, 1.165) is 27.4 Å². The number of nitrogens with zero attached hydrogens (tertiary/aromatic N) is 1. The van der Waals surface area contributed by atoms with Gasteiger partial charge in [-0.15, -0.1) is 0 Å². The van der Waals surface area contributed by atoms with Gasteiger partial charge < -0.3 is 10.5 Å². The highest BCUT2D eigenvalue weighted by Gasteiger charge is 2.12. The average molecular weight is 308 g/mol. The van der Waals surface area contributed by atoms with Crippen molar-refractivity contribution in [1.82, 2.24) is 4.57 Å². The van der Waals surface area contributed by atoms with Crippen molar-refractivity contribution in [2.75, 3.05) is 7.11 Å². The molecular formula is C14H16N2O2S2. The number of hydrogen-bond donors (Lipinski definition) is 1. The molecule has 0 spiro atoms. The Balaban J connectivity index is 2.49. The third kappa shape index (κ3) is 2.76. The summed E-state index contributed by atoms with van der Waals surface area (Å²) in [5.74, 6) is 0.722. The maximum atomic E-state index is 12.0. The summed E-state index contributed by atoms with van der Waals surface area (Å²) in [5.41, 5.74) is 8.29. The zero-order valence-electron chi connectivity index (χ0n) is 11.6. The van der Waals surface area contributed by atoms with Crippen LogP contribution in [0.3, 0.4) is 0 Å². The van der Waals surface area contributed by atoms with Gasteiger partial charge in [-0.2, -0.15) is 0 Å². The molecule has 0 aliphatic heterocycles. The molecule has 0 aliphatic rings. The number of hydrogen-bond acceptors (Lipinski definition) is 4. The molecule has 0 bridgehead atoms. The molecule has 1 heterocycles. The summed E-state index contributed by atoms with van der Waals surface area (Å²) in [4.78, 5) is 13.4. The smallest absolute Gasteiger partial charge is 0.307 e. The normalized spacial score (nSPS) is 10.6. The maximum absolute atomic E-state index is 12.0. The fourth-order valence-electron chi connectivity index (χ4n) is 2.00. The summed E-state index contributed by atoms with van der Waals surface area (Å²) in [6, 6.07) is 5.52. The molecule has 2 rings (SSSR count). The van der Waals surface area contributed by atoms with Crippen molar-refractivity contribution < 1.29 is 4.74 Å². The maximum Gasteiger partial charge on any atom is 0.307 e. The molecule has 0 saturated heterocycles. The van der Waals surface area contributed by atoms with E-state index < -0.39 is 0 Å². The van der Waals surface area contributed by atoms with Gasteiger partial charge in [-0.1, -0.05) is 23.6 Å². The molecule has 4 nitrogen and oxygen atoms in total. The van der Waals surface area contributed by atoms with Gasteiger partial charge in [0.2, 0.25) is 0 Å². The molecule has 6 heteroatoms. The number of methoxy groups -OCH3 is 1. The van der Waals surface area contributed by atoms with Gasteiger partial charge in [0.15, 0.2) is 0 Å². The van der Waals surface area contributed by atoms with Crippen LogP contribution in [0.4, 0.5) is 0 Å². The second kappa shape index (κ2) is 5.76. The first-order chi connectivity index (χ1) is 9.43. The summed E-state index contributed by atoms with van der Waals surface area (Å²) < 4.78 is 7.08. The molecule has 0 radical (unpaired) electrons. The SMILES string of the molecule is COc1ccc(C(N)=S)cc1Cn1c(C)c(C)sc1=O. The molecule has 1 aromatic heterocycles. The molecule has 0 atom stereocenters. The Morgan fingerprint density at radius 1 is 1.45 bits per heavy atom. The first-order valence-electron chi connectivity index (χ1n) is 6.07. The number of aromatic nitrogens is 1. The van der Waals surface area contributed by atoms with Crippen LogP contribution < -0.4 is 15.3 Å². The first kappa shape index (κ1) is 14.7. The van der Waals surface area contributed by atoms with E-state index in [4.69, 9.17) is 22.7 Å². The second-order valence-electron chi connectivity index (χ2n) is 4.49. The molecule has 0 aliphatic carbocycles. The number of benzene rings is 1. The minimum atomic E-state index is 0.0304. The second-order valence-corrected chi connectivity index (χ2v) is 6.09. The number of thiazole rings is 1. The number of aryl methyl sites for hydroxylation is 1. The van der Waals surface area contributed by atoms with Gasteiger partial charge in [-0.3, -0.25) is 9.36 Å². The molecule has 0 fully saturated rings. The average Bonchev–Trinajstić information content (AvgIpc) is 2.65.